The van der Waals surface area contributed by atoms with E-state index in [-0.39, 0.29) is 10.5 Å². The van der Waals surface area contributed by atoms with Crippen molar-refractivity contribution >= 4 is 27.8 Å². The summed E-state index contributed by atoms with van der Waals surface area (Å²) in [6.45, 7) is 0. The van der Waals surface area contributed by atoms with Gasteiger partial charge < -0.3 is 9.94 Å². The van der Waals surface area contributed by atoms with Crippen molar-refractivity contribution in [1.29, 1.82) is 0 Å². The minimum atomic E-state index is -4.03. The van der Waals surface area contributed by atoms with E-state index in [1.165, 1.54) is 35.9 Å². The molecule has 0 aliphatic carbocycles. The third-order valence-electron chi connectivity index (χ3n) is 1.99. The number of carbonyl (C=O) groups is 1. The lowest BCUT2D eigenvalue weighted by molar-refractivity contribution is 0.0600. The standard InChI is InChI=1S/C9H11NO5S2/c1-15-9(11)6-3-4-7(16-2)8(5-6)17(13,14)10-12/h3-5,10,12H,1-2H3. The number of rotatable bonds is 4. The fraction of sp³-hybridized carbons (Fsp3) is 0.222. The van der Waals surface area contributed by atoms with E-state index in [1.807, 2.05) is 0 Å². The smallest absolute Gasteiger partial charge is 0.337 e. The Kier molecular flexibility index (Phi) is 4.52. The Morgan fingerprint density at radius 1 is 1.47 bits per heavy atom. The van der Waals surface area contributed by atoms with Gasteiger partial charge in [-0.2, -0.15) is 0 Å². The molecular formula is C9H11NO5S2. The van der Waals surface area contributed by atoms with Gasteiger partial charge in [-0.3, -0.25) is 0 Å². The third kappa shape index (κ3) is 2.97. The Morgan fingerprint density at radius 2 is 2.12 bits per heavy atom. The lowest BCUT2D eigenvalue weighted by Crippen LogP contribution is -2.20. The second kappa shape index (κ2) is 5.50. The Morgan fingerprint density at radius 3 is 2.59 bits per heavy atom. The zero-order valence-corrected chi connectivity index (χ0v) is 10.8. The Labute approximate surface area is 103 Å². The number of hydrogen-bond donors (Lipinski definition) is 2. The Balaban J connectivity index is 3.40. The van der Waals surface area contributed by atoms with Gasteiger partial charge in [0.2, 0.25) is 0 Å². The van der Waals surface area contributed by atoms with Crippen molar-refractivity contribution in [1.82, 2.24) is 4.89 Å². The highest BCUT2D eigenvalue weighted by Crippen LogP contribution is 2.25. The van der Waals surface area contributed by atoms with Crippen molar-refractivity contribution in [2.75, 3.05) is 13.4 Å². The molecule has 0 unspecified atom stereocenters. The van der Waals surface area contributed by atoms with E-state index in [9.17, 15) is 13.2 Å². The Hall–Kier alpha value is -1.09. The molecule has 0 spiro atoms. The van der Waals surface area contributed by atoms with Crippen molar-refractivity contribution in [3.05, 3.63) is 23.8 Å². The first-order valence-electron chi connectivity index (χ1n) is 4.38. The van der Waals surface area contributed by atoms with Crippen LogP contribution in [0.25, 0.3) is 0 Å². The molecule has 0 aromatic heterocycles. The summed E-state index contributed by atoms with van der Waals surface area (Å²) >= 11 is 1.18. The van der Waals surface area contributed by atoms with Crippen molar-refractivity contribution < 1.29 is 23.2 Å². The molecule has 0 aliphatic heterocycles. The van der Waals surface area contributed by atoms with Crippen LogP contribution in [0.4, 0.5) is 0 Å². The summed E-state index contributed by atoms with van der Waals surface area (Å²) in [5.74, 6) is -0.646. The molecule has 0 atom stereocenters. The van der Waals surface area contributed by atoms with Crippen LogP contribution in [0.5, 0.6) is 0 Å². The predicted octanol–water partition coefficient (Wildman–Crippen LogP) is 0.863. The van der Waals surface area contributed by atoms with Gasteiger partial charge in [0.1, 0.15) is 0 Å². The second-order valence-electron chi connectivity index (χ2n) is 2.95. The summed E-state index contributed by atoms with van der Waals surface area (Å²) in [7, 11) is -2.83. The highest BCUT2D eigenvalue weighted by Gasteiger charge is 2.20. The molecule has 0 aliphatic rings. The summed E-state index contributed by atoms with van der Waals surface area (Å²) in [5.41, 5.74) is 0.0964. The van der Waals surface area contributed by atoms with Crippen LogP contribution in [0.1, 0.15) is 10.4 Å². The van der Waals surface area contributed by atoms with Crippen molar-refractivity contribution in [2.45, 2.75) is 9.79 Å². The number of nitrogens with one attached hydrogen (secondary N) is 1. The van der Waals surface area contributed by atoms with Crippen LogP contribution in [-0.2, 0) is 14.8 Å². The molecule has 0 heterocycles. The maximum atomic E-state index is 11.5. The van der Waals surface area contributed by atoms with E-state index in [0.29, 0.717) is 4.90 Å². The van der Waals surface area contributed by atoms with E-state index < -0.39 is 16.0 Å². The van der Waals surface area contributed by atoms with Gasteiger partial charge in [-0.1, -0.05) is 4.89 Å². The average Bonchev–Trinajstić information content (AvgIpc) is 2.36. The number of hydrogen-bond acceptors (Lipinski definition) is 6. The molecule has 6 nitrogen and oxygen atoms in total. The number of esters is 1. The molecule has 0 saturated heterocycles. The molecule has 1 aromatic rings. The molecule has 2 N–H and O–H groups in total. The molecule has 1 rings (SSSR count). The van der Waals surface area contributed by atoms with Crippen LogP contribution in [0, 0.1) is 0 Å². The fourth-order valence-electron chi connectivity index (χ4n) is 1.18. The molecular weight excluding hydrogens is 266 g/mol. The highest BCUT2D eigenvalue weighted by molar-refractivity contribution is 7.99. The Bertz CT molecular complexity index is 526. The normalized spacial score (nSPS) is 11.2. The van der Waals surface area contributed by atoms with Crippen LogP contribution in [0.3, 0.4) is 0 Å². The van der Waals surface area contributed by atoms with E-state index in [1.54, 1.807) is 6.26 Å². The summed E-state index contributed by atoms with van der Waals surface area (Å²) < 4.78 is 27.5. The zero-order chi connectivity index (χ0) is 13.1. The number of sulfonamides is 1. The quantitative estimate of drug-likeness (QED) is 0.482. The first kappa shape index (κ1) is 14.0. The molecule has 0 amide bonds. The predicted molar refractivity (Wildman–Crippen MR) is 61.7 cm³/mol. The van der Waals surface area contributed by atoms with Gasteiger partial charge in [-0.05, 0) is 24.5 Å². The van der Waals surface area contributed by atoms with Gasteiger partial charge in [0, 0.05) is 4.90 Å². The maximum Gasteiger partial charge on any atom is 0.337 e. The van der Waals surface area contributed by atoms with Crippen LogP contribution in [0.2, 0.25) is 0 Å². The number of thioether (sulfide) groups is 1. The SMILES string of the molecule is COC(=O)c1ccc(SC)c(S(=O)(=O)NO)c1. The molecule has 0 bridgehead atoms. The zero-order valence-electron chi connectivity index (χ0n) is 9.13. The van der Waals surface area contributed by atoms with E-state index in [0.717, 1.165) is 6.07 Å². The molecule has 0 radical (unpaired) electrons. The van der Waals surface area contributed by atoms with Crippen molar-refractivity contribution in [3.8, 4) is 0 Å². The molecule has 0 fully saturated rings. The maximum absolute atomic E-state index is 11.5. The van der Waals surface area contributed by atoms with Crippen molar-refractivity contribution in [3.63, 3.8) is 0 Å². The topological polar surface area (TPSA) is 92.7 Å². The number of carbonyl (C=O) groups excluding carboxylic acids is 1. The molecule has 94 valence electrons. The highest BCUT2D eigenvalue weighted by atomic mass is 32.2. The van der Waals surface area contributed by atoms with Gasteiger partial charge in [0.05, 0.1) is 17.6 Å². The summed E-state index contributed by atoms with van der Waals surface area (Å²) in [6, 6.07) is 4.07. The van der Waals surface area contributed by atoms with Crippen LogP contribution >= 0.6 is 11.8 Å². The first-order valence-corrected chi connectivity index (χ1v) is 7.09. The average molecular weight is 277 g/mol. The third-order valence-corrected chi connectivity index (χ3v) is 4.08. The van der Waals surface area contributed by atoms with E-state index in [2.05, 4.69) is 4.74 Å². The monoisotopic (exact) mass is 277 g/mol. The summed E-state index contributed by atoms with van der Waals surface area (Å²) in [6.07, 6.45) is 1.68. The molecule has 0 saturated carbocycles. The van der Waals surface area contributed by atoms with E-state index in [4.69, 9.17) is 5.21 Å². The first-order chi connectivity index (χ1) is 7.96. The summed E-state index contributed by atoms with van der Waals surface area (Å²) in [4.78, 5) is 12.7. The molecule has 17 heavy (non-hydrogen) atoms. The largest absolute Gasteiger partial charge is 0.465 e. The van der Waals surface area contributed by atoms with Crippen LogP contribution in [0.15, 0.2) is 28.0 Å². The van der Waals surface area contributed by atoms with Gasteiger partial charge >= 0.3 is 5.97 Å². The minimum absolute atomic E-state index is 0.0964. The fourth-order valence-corrected chi connectivity index (χ4v) is 2.94. The van der Waals surface area contributed by atoms with Gasteiger partial charge in [-0.25, -0.2) is 13.2 Å². The van der Waals surface area contributed by atoms with Crippen LogP contribution in [-0.4, -0.2) is 33.0 Å². The minimum Gasteiger partial charge on any atom is -0.465 e. The molecule has 1 aromatic carbocycles. The summed E-state index contributed by atoms with van der Waals surface area (Å²) in [5, 5.41) is 8.59. The lowest BCUT2D eigenvalue weighted by atomic mass is 10.2. The van der Waals surface area contributed by atoms with E-state index >= 15 is 0 Å². The lowest BCUT2D eigenvalue weighted by Gasteiger charge is -2.08. The number of methoxy groups -OCH3 is 1. The second-order valence-corrected chi connectivity index (χ2v) is 5.43. The van der Waals surface area contributed by atoms with Crippen molar-refractivity contribution in [2.24, 2.45) is 0 Å². The van der Waals surface area contributed by atoms with Gasteiger partial charge in [0.25, 0.3) is 10.0 Å². The van der Waals surface area contributed by atoms with Gasteiger partial charge in [-0.15, -0.1) is 11.8 Å². The van der Waals surface area contributed by atoms with Gasteiger partial charge in [0.15, 0.2) is 0 Å². The molecule has 8 heteroatoms. The number of benzene rings is 1. The van der Waals surface area contributed by atoms with Crippen LogP contribution < -0.4 is 4.89 Å². The number of ether oxygens (including phenoxy) is 1.